The standard InChI is InChI=1S/C17H29N3O4/c1-2-24-17(22)18-13-4-3-8-19(12-13)15-5-9-20(16(15)21)14-6-10-23-11-7-14/h13-15H,2-12H2,1H3,(H,18,22)/t13-,15+/m0/s1. The van der Waals surface area contributed by atoms with Gasteiger partial charge in [0.25, 0.3) is 0 Å². The van der Waals surface area contributed by atoms with Crippen molar-refractivity contribution >= 4 is 12.0 Å². The number of alkyl carbamates (subject to hydrolysis) is 1. The number of nitrogens with one attached hydrogen (secondary N) is 1. The zero-order valence-electron chi connectivity index (χ0n) is 14.5. The number of amides is 2. The summed E-state index contributed by atoms with van der Waals surface area (Å²) in [5.74, 6) is 0.263. The predicted molar refractivity (Wildman–Crippen MR) is 88.7 cm³/mol. The summed E-state index contributed by atoms with van der Waals surface area (Å²) in [6, 6.07) is 0.386. The first kappa shape index (κ1) is 17.5. The van der Waals surface area contributed by atoms with Gasteiger partial charge < -0.3 is 19.7 Å². The van der Waals surface area contributed by atoms with Gasteiger partial charge in [0.05, 0.1) is 12.6 Å². The van der Waals surface area contributed by atoms with E-state index in [2.05, 4.69) is 15.1 Å². The number of likely N-dealkylation sites (tertiary alicyclic amines) is 2. The lowest BCUT2D eigenvalue weighted by Gasteiger charge is -2.37. The molecule has 3 heterocycles. The maximum atomic E-state index is 12.9. The van der Waals surface area contributed by atoms with Crippen LogP contribution in [-0.4, -0.2) is 79.4 Å². The molecule has 3 fully saturated rings. The van der Waals surface area contributed by atoms with Gasteiger partial charge in [0.15, 0.2) is 0 Å². The smallest absolute Gasteiger partial charge is 0.407 e. The van der Waals surface area contributed by atoms with E-state index in [1.165, 1.54) is 0 Å². The van der Waals surface area contributed by atoms with Gasteiger partial charge in [0.1, 0.15) is 0 Å². The van der Waals surface area contributed by atoms with Gasteiger partial charge >= 0.3 is 6.09 Å². The minimum absolute atomic E-state index is 0.0281. The van der Waals surface area contributed by atoms with E-state index in [1.54, 1.807) is 6.92 Å². The summed E-state index contributed by atoms with van der Waals surface area (Å²) in [6.07, 6.45) is 4.38. The molecule has 0 spiro atoms. The summed E-state index contributed by atoms with van der Waals surface area (Å²) in [4.78, 5) is 28.8. The average Bonchev–Trinajstić information content (AvgIpc) is 2.97. The molecule has 7 nitrogen and oxygen atoms in total. The Kier molecular flexibility index (Phi) is 5.94. The number of carbonyl (C=O) groups excluding carboxylic acids is 2. The van der Waals surface area contributed by atoms with E-state index < -0.39 is 0 Å². The van der Waals surface area contributed by atoms with Crippen molar-refractivity contribution in [1.29, 1.82) is 0 Å². The molecule has 0 bridgehead atoms. The van der Waals surface area contributed by atoms with Crippen LogP contribution in [0.2, 0.25) is 0 Å². The van der Waals surface area contributed by atoms with Crippen molar-refractivity contribution in [3.63, 3.8) is 0 Å². The lowest BCUT2D eigenvalue weighted by atomic mass is 10.0. The third kappa shape index (κ3) is 4.00. The van der Waals surface area contributed by atoms with Crippen LogP contribution in [0.1, 0.15) is 39.0 Å². The van der Waals surface area contributed by atoms with Gasteiger partial charge in [-0.3, -0.25) is 9.69 Å². The van der Waals surface area contributed by atoms with Gasteiger partial charge in [0.2, 0.25) is 5.91 Å². The fraction of sp³-hybridized carbons (Fsp3) is 0.882. The van der Waals surface area contributed by atoms with Gasteiger partial charge in [-0.05, 0) is 45.6 Å². The molecule has 0 unspecified atom stereocenters. The molecule has 0 aromatic heterocycles. The molecule has 136 valence electrons. The first-order valence-electron chi connectivity index (χ1n) is 9.24. The van der Waals surface area contributed by atoms with E-state index >= 15 is 0 Å². The van der Waals surface area contributed by atoms with E-state index in [0.717, 1.165) is 65.0 Å². The van der Waals surface area contributed by atoms with Crippen LogP contribution in [0.4, 0.5) is 4.79 Å². The second kappa shape index (κ2) is 8.16. The maximum Gasteiger partial charge on any atom is 0.407 e. The molecule has 0 aromatic carbocycles. The quantitative estimate of drug-likeness (QED) is 0.827. The Bertz CT molecular complexity index is 453. The van der Waals surface area contributed by atoms with Gasteiger partial charge in [-0.2, -0.15) is 0 Å². The van der Waals surface area contributed by atoms with E-state index in [4.69, 9.17) is 9.47 Å². The van der Waals surface area contributed by atoms with Crippen molar-refractivity contribution in [2.45, 2.75) is 57.2 Å². The zero-order chi connectivity index (χ0) is 16.9. The summed E-state index contributed by atoms with van der Waals surface area (Å²) in [5.41, 5.74) is 0. The van der Waals surface area contributed by atoms with Crippen molar-refractivity contribution in [1.82, 2.24) is 15.1 Å². The Hall–Kier alpha value is -1.34. The fourth-order valence-corrected chi connectivity index (χ4v) is 4.13. The molecule has 3 aliphatic heterocycles. The van der Waals surface area contributed by atoms with Crippen LogP contribution in [0.25, 0.3) is 0 Å². The van der Waals surface area contributed by atoms with Crippen molar-refractivity contribution in [2.75, 3.05) is 39.5 Å². The normalized spacial score (nSPS) is 29.7. The lowest BCUT2D eigenvalue weighted by molar-refractivity contribution is -0.136. The third-order valence-corrected chi connectivity index (χ3v) is 5.33. The number of carbonyl (C=O) groups is 2. The number of hydrogen-bond donors (Lipinski definition) is 1. The second-order valence-corrected chi connectivity index (χ2v) is 6.88. The molecule has 7 heteroatoms. The van der Waals surface area contributed by atoms with Gasteiger partial charge in [-0.1, -0.05) is 0 Å². The Balaban J connectivity index is 1.54. The summed E-state index contributed by atoms with van der Waals surface area (Å²) in [5, 5.41) is 2.92. The first-order valence-corrected chi connectivity index (χ1v) is 9.24. The monoisotopic (exact) mass is 339 g/mol. The van der Waals surface area contributed by atoms with Crippen LogP contribution in [0.5, 0.6) is 0 Å². The molecule has 0 aliphatic carbocycles. The van der Waals surface area contributed by atoms with Gasteiger partial charge in [0, 0.05) is 38.4 Å². The molecule has 3 aliphatic rings. The minimum Gasteiger partial charge on any atom is -0.450 e. The molecule has 24 heavy (non-hydrogen) atoms. The fourth-order valence-electron chi connectivity index (χ4n) is 4.13. The SMILES string of the molecule is CCOC(=O)N[C@H]1CCCN([C@@H]2CCN(C3CCOCC3)C2=O)C1. The first-order chi connectivity index (χ1) is 11.7. The molecule has 2 amide bonds. The number of hydrogen-bond acceptors (Lipinski definition) is 5. The van der Waals surface area contributed by atoms with Gasteiger partial charge in [-0.25, -0.2) is 4.79 Å². The van der Waals surface area contributed by atoms with Crippen molar-refractivity contribution in [2.24, 2.45) is 0 Å². The Morgan fingerprint density at radius 1 is 1.25 bits per heavy atom. The van der Waals surface area contributed by atoms with E-state index in [9.17, 15) is 9.59 Å². The zero-order valence-corrected chi connectivity index (χ0v) is 14.5. The molecule has 3 saturated heterocycles. The topological polar surface area (TPSA) is 71.1 Å². The molecule has 2 atom stereocenters. The number of piperidine rings is 1. The lowest BCUT2D eigenvalue weighted by Crippen LogP contribution is -2.53. The molecular formula is C17H29N3O4. The average molecular weight is 339 g/mol. The Morgan fingerprint density at radius 3 is 2.79 bits per heavy atom. The Morgan fingerprint density at radius 2 is 2.04 bits per heavy atom. The third-order valence-electron chi connectivity index (χ3n) is 5.33. The summed E-state index contributed by atoms with van der Waals surface area (Å²) in [6.45, 7) is 6.21. The number of ether oxygens (including phenoxy) is 2. The van der Waals surface area contributed by atoms with Crippen LogP contribution in [0, 0.1) is 0 Å². The summed E-state index contributed by atoms with van der Waals surface area (Å²) < 4.78 is 10.4. The molecule has 0 saturated carbocycles. The number of rotatable bonds is 4. The minimum atomic E-state index is -0.356. The van der Waals surface area contributed by atoms with E-state index in [0.29, 0.717) is 12.6 Å². The maximum absolute atomic E-state index is 12.9. The Labute approximate surface area is 143 Å². The van der Waals surface area contributed by atoms with Crippen LogP contribution in [-0.2, 0) is 14.3 Å². The molecule has 0 radical (unpaired) electrons. The highest BCUT2D eigenvalue weighted by Crippen LogP contribution is 2.26. The molecule has 1 N–H and O–H groups in total. The second-order valence-electron chi connectivity index (χ2n) is 6.88. The summed E-state index contributed by atoms with van der Waals surface area (Å²) >= 11 is 0. The largest absolute Gasteiger partial charge is 0.450 e. The summed E-state index contributed by atoms with van der Waals surface area (Å²) in [7, 11) is 0. The van der Waals surface area contributed by atoms with Crippen LogP contribution in [0.3, 0.4) is 0 Å². The predicted octanol–water partition coefficient (Wildman–Crippen LogP) is 0.977. The number of nitrogens with zero attached hydrogens (tertiary/aromatic N) is 2. The van der Waals surface area contributed by atoms with Crippen molar-refractivity contribution in [3.8, 4) is 0 Å². The van der Waals surface area contributed by atoms with Crippen LogP contribution < -0.4 is 5.32 Å². The van der Waals surface area contributed by atoms with Crippen LogP contribution in [0.15, 0.2) is 0 Å². The highest BCUT2D eigenvalue weighted by molar-refractivity contribution is 5.84. The van der Waals surface area contributed by atoms with E-state index in [1.807, 2.05) is 0 Å². The van der Waals surface area contributed by atoms with E-state index in [-0.39, 0.29) is 24.1 Å². The molecule has 0 aromatic rings. The van der Waals surface area contributed by atoms with Crippen LogP contribution >= 0.6 is 0 Å². The van der Waals surface area contributed by atoms with Gasteiger partial charge in [-0.15, -0.1) is 0 Å². The highest BCUT2D eigenvalue weighted by Gasteiger charge is 2.40. The molecular weight excluding hydrogens is 310 g/mol. The van der Waals surface area contributed by atoms with Crippen molar-refractivity contribution in [3.05, 3.63) is 0 Å². The molecule has 3 rings (SSSR count). The highest BCUT2D eigenvalue weighted by atomic mass is 16.5. The van der Waals surface area contributed by atoms with Crippen molar-refractivity contribution < 1.29 is 19.1 Å².